The van der Waals surface area contributed by atoms with Crippen molar-refractivity contribution in [2.45, 2.75) is 86.6 Å². The molecule has 0 fully saturated rings. The maximum Gasteiger partial charge on any atom is 0.303 e. The van der Waals surface area contributed by atoms with Crippen molar-refractivity contribution >= 4 is 29.2 Å². The Morgan fingerprint density at radius 1 is 1.27 bits per heavy atom. The van der Waals surface area contributed by atoms with Gasteiger partial charge in [-0.05, 0) is 58.4 Å². The molecule has 0 aliphatic carbocycles. The number of aryl methyl sites for hydroxylation is 1. The van der Waals surface area contributed by atoms with Crippen LogP contribution in [0.15, 0.2) is 34.8 Å². The average molecular weight is 475 g/mol. The van der Waals surface area contributed by atoms with Crippen LogP contribution in [-0.2, 0) is 9.59 Å². The molecule has 1 rings (SSSR count). The van der Waals surface area contributed by atoms with Gasteiger partial charge in [0.15, 0.2) is 0 Å². The zero-order chi connectivity index (χ0) is 25.2. The number of hydrogen-bond acceptors (Lipinski definition) is 5. The number of aromatic nitrogens is 1. The van der Waals surface area contributed by atoms with E-state index in [0.717, 1.165) is 35.5 Å². The van der Waals surface area contributed by atoms with Crippen LogP contribution in [0.4, 0.5) is 0 Å². The van der Waals surface area contributed by atoms with E-state index in [9.17, 15) is 9.59 Å². The lowest BCUT2D eigenvalue weighted by molar-refractivity contribution is -0.139. The van der Waals surface area contributed by atoms with Crippen LogP contribution in [0.5, 0.6) is 0 Å². The van der Waals surface area contributed by atoms with Crippen LogP contribution < -0.4 is 5.73 Å². The highest BCUT2D eigenvalue weighted by molar-refractivity contribution is 7.09. The lowest BCUT2D eigenvalue weighted by Gasteiger charge is -2.29. The van der Waals surface area contributed by atoms with E-state index in [1.54, 1.807) is 11.3 Å². The number of hydrogen-bond donors (Lipinski definition) is 2. The number of nitrogens with two attached hydrogens (primary N) is 1. The number of carboxylic acids is 1. The van der Waals surface area contributed by atoms with Gasteiger partial charge in [0.05, 0.1) is 10.7 Å². The van der Waals surface area contributed by atoms with Crippen LogP contribution in [0.25, 0.3) is 6.08 Å². The number of rotatable bonds is 14. The molecule has 0 aliphatic heterocycles. The maximum atomic E-state index is 12.8. The summed E-state index contributed by atoms with van der Waals surface area (Å²) in [5.74, 6) is -0.549. The smallest absolute Gasteiger partial charge is 0.303 e. The highest BCUT2D eigenvalue weighted by atomic mass is 32.1. The van der Waals surface area contributed by atoms with E-state index in [-0.39, 0.29) is 30.1 Å². The number of allylic oxidation sites excluding steroid dienone is 3. The molecule has 1 unspecified atom stereocenters. The molecule has 1 aromatic rings. The quantitative estimate of drug-likeness (QED) is 0.297. The Balaban J connectivity index is 2.49. The van der Waals surface area contributed by atoms with Crippen molar-refractivity contribution in [3.8, 4) is 0 Å². The van der Waals surface area contributed by atoms with E-state index < -0.39 is 11.4 Å². The van der Waals surface area contributed by atoms with E-state index >= 15 is 0 Å². The van der Waals surface area contributed by atoms with Crippen molar-refractivity contribution < 1.29 is 14.7 Å². The number of ketones is 1. The van der Waals surface area contributed by atoms with Crippen molar-refractivity contribution in [2.75, 3.05) is 0 Å². The first-order chi connectivity index (χ1) is 15.3. The van der Waals surface area contributed by atoms with Gasteiger partial charge in [0.25, 0.3) is 0 Å². The molecule has 184 valence electrons. The molecule has 33 heavy (non-hydrogen) atoms. The molecule has 0 spiro atoms. The fourth-order valence-corrected chi connectivity index (χ4v) is 4.22. The van der Waals surface area contributed by atoms with E-state index in [2.05, 4.69) is 43.1 Å². The maximum absolute atomic E-state index is 12.8. The zero-order valence-corrected chi connectivity index (χ0v) is 22.2. The highest BCUT2D eigenvalue weighted by Gasteiger charge is 2.33. The Morgan fingerprint density at radius 3 is 2.52 bits per heavy atom. The van der Waals surface area contributed by atoms with Crippen molar-refractivity contribution in [3.63, 3.8) is 0 Å². The number of nitrogens with zero attached hydrogens (tertiary/aromatic N) is 1. The Labute approximate surface area is 203 Å². The minimum Gasteiger partial charge on any atom is -0.481 e. The summed E-state index contributed by atoms with van der Waals surface area (Å²) >= 11 is 1.64. The van der Waals surface area contributed by atoms with E-state index in [4.69, 9.17) is 10.8 Å². The van der Waals surface area contributed by atoms with Crippen molar-refractivity contribution in [1.29, 1.82) is 0 Å². The Hall–Kier alpha value is -2.05. The predicted octanol–water partition coefficient (Wildman–Crippen LogP) is 6.59. The second-order valence-electron chi connectivity index (χ2n) is 9.86. The molecule has 3 N–H and O–H groups in total. The Morgan fingerprint density at radius 2 is 1.94 bits per heavy atom. The van der Waals surface area contributed by atoms with Crippen LogP contribution in [-0.4, -0.2) is 27.9 Å². The third kappa shape index (κ3) is 10.6. The number of Topliss-reactive ketones (excluding diaryl/α,β-unsaturated/α-hetero) is 1. The summed E-state index contributed by atoms with van der Waals surface area (Å²) in [4.78, 5) is 28.2. The molecule has 0 aliphatic rings. The molecule has 3 atom stereocenters. The van der Waals surface area contributed by atoms with Gasteiger partial charge in [-0.3, -0.25) is 9.59 Å². The van der Waals surface area contributed by atoms with Crippen LogP contribution in [0.1, 0.15) is 84.3 Å². The molecule has 0 saturated carbocycles. The summed E-state index contributed by atoms with van der Waals surface area (Å²) in [6.45, 7) is 13.9. The normalized spacial score (nSPS) is 16.1. The molecule has 1 aromatic heterocycles. The van der Waals surface area contributed by atoms with Gasteiger partial charge < -0.3 is 10.8 Å². The number of carboxylic acid groups (broad SMARTS) is 1. The number of carbonyl (C=O) groups excluding carboxylic acids is 1. The summed E-state index contributed by atoms with van der Waals surface area (Å²) in [5.41, 5.74) is 8.98. The fraction of sp³-hybridized carbons (Fsp3) is 0.593. The van der Waals surface area contributed by atoms with Crippen LogP contribution in [0.3, 0.4) is 0 Å². The first kappa shape index (κ1) is 29.0. The van der Waals surface area contributed by atoms with E-state index in [1.807, 2.05) is 40.0 Å². The summed E-state index contributed by atoms with van der Waals surface area (Å²) in [6, 6.07) is -0.0354. The molecule has 0 saturated heterocycles. The monoisotopic (exact) mass is 474 g/mol. The molecule has 0 bridgehead atoms. The summed E-state index contributed by atoms with van der Waals surface area (Å²) < 4.78 is 0. The first-order valence-corrected chi connectivity index (χ1v) is 12.7. The van der Waals surface area contributed by atoms with Crippen molar-refractivity contribution in [1.82, 2.24) is 4.98 Å². The Kier molecular flexibility index (Phi) is 12.0. The molecule has 6 heteroatoms. The standard InChI is InChI=1S/C27H42N2O3S/c1-18(12-13-24(28)20(3)16-23-17-33-22(5)29-23)10-8-9-11-19(2)21(4)26(32)27(6,7)15-14-25(30)31/h8,10,12,16-17,19,21,24H,9,11,13-15,28H2,1-7H3,(H,30,31)/b10-8+,18-12-,20-16+/t19?,21-,24+/m1/s1. The number of thiazole rings is 1. The second kappa shape index (κ2) is 13.6. The summed E-state index contributed by atoms with van der Waals surface area (Å²) in [7, 11) is 0. The van der Waals surface area contributed by atoms with Gasteiger partial charge in [0.2, 0.25) is 0 Å². The molecular formula is C27H42N2O3S. The first-order valence-electron chi connectivity index (χ1n) is 11.8. The molecule has 0 radical (unpaired) electrons. The summed E-state index contributed by atoms with van der Waals surface area (Å²) in [6.07, 6.45) is 11.5. The number of aliphatic carboxylic acids is 1. The van der Waals surface area contributed by atoms with Gasteiger partial charge in [0.1, 0.15) is 5.78 Å². The molecule has 5 nitrogen and oxygen atoms in total. The third-order valence-corrected chi connectivity index (χ3v) is 7.15. The lowest BCUT2D eigenvalue weighted by Crippen LogP contribution is -2.33. The van der Waals surface area contributed by atoms with Gasteiger partial charge >= 0.3 is 5.97 Å². The Bertz CT molecular complexity index is 880. The molecular weight excluding hydrogens is 432 g/mol. The zero-order valence-electron chi connectivity index (χ0n) is 21.4. The van der Waals surface area contributed by atoms with Gasteiger partial charge in [-0.25, -0.2) is 4.98 Å². The van der Waals surface area contributed by atoms with E-state index in [1.165, 1.54) is 5.57 Å². The molecule has 0 amide bonds. The van der Waals surface area contributed by atoms with Gasteiger partial charge in [-0.15, -0.1) is 11.3 Å². The minimum absolute atomic E-state index is 0.0255. The number of carbonyl (C=O) groups is 2. The molecule has 1 heterocycles. The SMILES string of the molecule is CC(=C/C[C@H](N)/C(C)=C/c1csc(C)n1)/C=C/CCC(C)[C@@H](C)C(=O)C(C)(C)CCC(=O)O. The average Bonchev–Trinajstić information content (AvgIpc) is 3.16. The van der Waals surface area contributed by atoms with Crippen LogP contribution in [0.2, 0.25) is 0 Å². The van der Waals surface area contributed by atoms with Gasteiger partial charge in [-0.1, -0.05) is 57.1 Å². The van der Waals surface area contributed by atoms with Crippen LogP contribution >= 0.6 is 11.3 Å². The highest BCUT2D eigenvalue weighted by Crippen LogP contribution is 2.31. The van der Waals surface area contributed by atoms with Gasteiger partial charge in [-0.2, -0.15) is 0 Å². The van der Waals surface area contributed by atoms with Crippen LogP contribution in [0, 0.1) is 24.2 Å². The second-order valence-corrected chi connectivity index (χ2v) is 10.9. The third-order valence-electron chi connectivity index (χ3n) is 6.36. The minimum atomic E-state index is -0.855. The summed E-state index contributed by atoms with van der Waals surface area (Å²) in [5, 5.41) is 12.0. The van der Waals surface area contributed by atoms with Crippen molar-refractivity contribution in [3.05, 3.63) is 45.5 Å². The van der Waals surface area contributed by atoms with E-state index in [0.29, 0.717) is 6.42 Å². The van der Waals surface area contributed by atoms with Crippen molar-refractivity contribution in [2.24, 2.45) is 23.0 Å². The molecule has 0 aromatic carbocycles. The fourth-order valence-electron chi connectivity index (χ4n) is 3.65. The largest absolute Gasteiger partial charge is 0.481 e. The predicted molar refractivity (Wildman–Crippen MR) is 139 cm³/mol. The van der Waals surface area contributed by atoms with Gasteiger partial charge in [0, 0.05) is 29.2 Å². The lowest BCUT2D eigenvalue weighted by atomic mass is 9.74. The topological polar surface area (TPSA) is 93.3 Å².